The monoisotopic (exact) mass is 467 g/mol. The summed E-state index contributed by atoms with van der Waals surface area (Å²) >= 11 is 0. The second-order valence-electron chi connectivity index (χ2n) is 8.03. The number of pyridine rings is 1. The van der Waals surface area contributed by atoms with E-state index in [9.17, 15) is 14.7 Å². The summed E-state index contributed by atoms with van der Waals surface area (Å²) in [4.78, 5) is 28.0. The Labute approximate surface area is 192 Å². The molecule has 1 N–H and O–H groups in total. The van der Waals surface area contributed by atoms with E-state index in [-0.39, 0.29) is 10.9 Å². The molecule has 0 aliphatic carbocycles. The van der Waals surface area contributed by atoms with E-state index in [1.54, 1.807) is 22.8 Å². The van der Waals surface area contributed by atoms with Gasteiger partial charge in [0.05, 0.1) is 24.0 Å². The molecule has 3 aromatic heterocycles. The van der Waals surface area contributed by atoms with Crippen molar-refractivity contribution < 1.29 is 23.1 Å². The van der Waals surface area contributed by atoms with E-state index in [0.29, 0.717) is 68.0 Å². The van der Waals surface area contributed by atoms with Crippen LogP contribution in [0.2, 0.25) is 0 Å². The maximum atomic E-state index is 15.0. The van der Waals surface area contributed by atoms with E-state index >= 15 is 4.39 Å². The van der Waals surface area contributed by atoms with Crippen LogP contribution in [0.1, 0.15) is 23.2 Å². The predicted molar refractivity (Wildman–Crippen MR) is 120 cm³/mol. The third-order valence-corrected chi connectivity index (χ3v) is 5.99. The normalized spacial score (nSPS) is 14.7. The number of rotatable bonds is 6. The average Bonchev–Trinajstić information content (AvgIpc) is 3.52. The molecule has 1 aromatic carbocycles. The van der Waals surface area contributed by atoms with Gasteiger partial charge in [-0.1, -0.05) is 0 Å². The van der Waals surface area contributed by atoms with Gasteiger partial charge in [0.15, 0.2) is 5.76 Å². The van der Waals surface area contributed by atoms with Crippen molar-refractivity contribution in [1.82, 2.24) is 19.7 Å². The van der Waals surface area contributed by atoms with E-state index < -0.39 is 17.2 Å². The van der Waals surface area contributed by atoms with Gasteiger partial charge < -0.3 is 23.4 Å². The molecule has 5 rings (SSSR count). The number of carbonyl (C=O) groups is 1. The molecule has 1 fully saturated rings. The minimum Gasteiger partial charge on any atom is -0.477 e. The number of anilines is 1. The van der Waals surface area contributed by atoms with Gasteiger partial charge in [-0.15, -0.1) is 10.2 Å². The number of nitrogens with zero attached hydrogens (tertiary/aromatic N) is 5. The first-order valence-electron chi connectivity index (χ1n) is 10.9. The molecule has 10 nitrogen and oxygen atoms in total. The predicted octanol–water partition coefficient (Wildman–Crippen LogP) is 2.82. The minimum absolute atomic E-state index is 0.0605. The highest BCUT2D eigenvalue weighted by molar-refractivity contribution is 5.93. The largest absolute Gasteiger partial charge is 0.477 e. The van der Waals surface area contributed by atoms with Gasteiger partial charge in [0.2, 0.25) is 11.3 Å². The molecule has 0 radical (unpaired) electrons. The number of hydrogen-bond donors (Lipinski definition) is 1. The molecule has 1 aliphatic rings. The number of furan rings is 1. The molecule has 0 atom stereocenters. The number of aryl methyl sites for hydroxylation is 1. The summed E-state index contributed by atoms with van der Waals surface area (Å²) in [6.45, 7) is 5.17. The second kappa shape index (κ2) is 8.75. The Morgan fingerprint density at radius 1 is 1.21 bits per heavy atom. The van der Waals surface area contributed by atoms with Gasteiger partial charge in [-0.05, 0) is 31.2 Å². The third-order valence-electron chi connectivity index (χ3n) is 5.99. The molecule has 0 amide bonds. The number of aromatic nitrogens is 3. The van der Waals surface area contributed by atoms with Crippen LogP contribution in [0.5, 0.6) is 0 Å². The maximum absolute atomic E-state index is 15.0. The zero-order chi connectivity index (χ0) is 23.8. The second-order valence-corrected chi connectivity index (χ2v) is 8.03. The molecule has 0 unspecified atom stereocenters. The molecular formula is C23H22FN5O5. The lowest BCUT2D eigenvalue weighted by atomic mass is 10.1. The molecule has 34 heavy (non-hydrogen) atoms. The van der Waals surface area contributed by atoms with Gasteiger partial charge in [-0.25, -0.2) is 9.18 Å². The lowest BCUT2D eigenvalue weighted by molar-refractivity contribution is 0.0695. The Bertz CT molecular complexity index is 1400. The molecule has 1 aliphatic heterocycles. The summed E-state index contributed by atoms with van der Waals surface area (Å²) in [7, 11) is 0. The number of piperazine rings is 1. The van der Waals surface area contributed by atoms with Crippen LogP contribution in [0.3, 0.4) is 0 Å². The highest BCUT2D eigenvalue weighted by Crippen LogP contribution is 2.27. The number of benzene rings is 1. The van der Waals surface area contributed by atoms with Crippen molar-refractivity contribution in [2.75, 3.05) is 31.1 Å². The quantitative estimate of drug-likeness (QED) is 0.457. The van der Waals surface area contributed by atoms with Crippen molar-refractivity contribution in [2.45, 2.75) is 20.0 Å². The number of hydrogen-bond acceptors (Lipinski definition) is 8. The highest BCUT2D eigenvalue weighted by Gasteiger charge is 2.24. The summed E-state index contributed by atoms with van der Waals surface area (Å²) < 4.78 is 27.6. The highest BCUT2D eigenvalue weighted by atomic mass is 19.1. The lowest BCUT2D eigenvalue weighted by Gasteiger charge is -2.35. The van der Waals surface area contributed by atoms with Crippen LogP contribution in [0.15, 0.2) is 50.4 Å². The summed E-state index contributed by atoms with van der Waals surface area (Å²) in [6, 6.07) is 6.26. The van der Waals surface area contributed by atoms with Crippen LogP contribution in [-0.2, 0) is 13.1 Å². The average molecular weight is 467 g/mol. The molecule has 11 heteroatoms. The van der Waals surface area contributed by atoms with Crippen molar-refractivity contribution in [3.8, 4) is 11.7 Å². The Balaban J connectivity index is 1.33. The number of carboxylic acids is 1. The van der Waals surface area contributed by atoms with Crippen LogP contribution < -0.4 is 10.3 Å². The number of fused-ring (bicyclic) bond motifs is 1. The Kier molecular flexibility index (Phi) is 5.62. The molecule has 0 saturated carbocycles. The third kappa shape index (κ3) is 3.94. The first-order chi connectivity index (χ1) is 16.4. The van der Waals surface area contributed by atoms with E-state index in [4.69, 9.17) is 8.83 Å². The number of halogens is 1. The molecule has 0 spiro atoms. The van der Waals surface area contributed by atoms with Crippen molar-refractivity contribution >= 4 is 22.6 Å². The fourth-order valence-corrected chi connectivity index (χ4v) is 4.21. The topological polar surface area (TPSA) is 118 Å². The fraction of sp³-hybridized carbons (Fsp3) is 0.304. The Morgan fingerprint density at radius 2 is 2.00 bits per heavy atom. The summed E-state index contributed by atoms with van der Waals surface area (Å²) in [6.07, 6.45) is 2.85. The lowest BCUT2D eigenvalue weighted by Crippen LogP contribution is -2.46. The molecule has 1 saturated heterocycles. The standard InChI is InChI=1S/C23H22FN5O5/c1-2-28-12-15(23(31)32)21(30)14-10-16(24)18(11-17(14)28)29-7-5-27(6-8-29)13-20-25-26-22(34-20)19-4-3-9-33-19/h3-4,9-12H,2,5-8,13H2,1H3,(H,31,32). The van der Waals surface area contributed by atoms with Crippen LogP contribution >= 0.6 is 0 Å². The van der Waals surface area contributed by atoms with E-state index in [1.807, 2.05) is 11.8 Å². The summed E-state index contributed by atoms with van der Waals surface area (Å²) in [5.41, 5.74) is -0.162. The van der Waals surface area contributed by atoms with Crippen LogP contribution in [0.25, 0.3) is 22.6 Å². The first-order valence-corrected chi connectivity index (χ1v) is 10.9. The minimum atomic E-state index is -1.33. The van der Waals surface area contributed by atoms with Gasteiger partial charge in [0, 0.05) is 44.3 Å². The molecule has 4 heterocycles. The maximum Gasteiger partial charge on any atom is 0.341 e. The van der Waals surface area contributed by atoms with Gasteiger partial charge in [-0.3, -0.25) is 9.69 Å². The number of aromatic carboxylic acids is 1. The van der Waals surface area contributed by atoms with Gasteiger partial charge >= 0.3 is 5.97 Å². The van der Waals surface area contributed by atoms with E-state index in [0.717, 1.165) is 6.07 Å². The number of carboxylic acid groups (broad SMARTS) is 1. The Morgan fingerprint density at radius 3 is 2.68 bits per heavy atom. The van der Waals surface area contributed by atoms with Crippen LogP contribution in [0.4, 0.5) is 10.1 Å². The van der Waals surface area contributed by atoms with Crippen molar-refractivity contribution in [1.29, 1.82) is 0 Å². The van der Waals surface area contributed by atoms with Crippen LogP contribution in [-0.4, -0.2) is 56.9 Å². The zero-order valence-corrected chi connectivity index (χ0v) is 18.4. The van der Waals surface area contributed by atoms with Gasteiger partial charge in [0.25, 0.3) is 5.89 Å². The van der Waals surface area contributed by atoms with Gasteiger partial charge in [-0.2, -0.15) is 0 Å². The molecule has 176 valence electrons. The molecule has 0 bridgehead atoms. The zero-order valence-electron chi connectivity index (χ0n) is 18.4. The van der Waals surface area contributed by atoms with Crippen molar-refractivity contribution in [3.05, 3.63) is 64.2 Å². The fourth-order valence-electron chi connectivity index (χ4n) is 4.21. The van der Waals surface area contributed by atoms with Crippen molar-refractivity contribution in [3.63, 3.8) is 0 Å². The SMILES string of the molecule is CCn1cc(C(=O)O)c(=O)c2cc(F)c(N3CCN(Cc4nnc(-c5ccco5)o4)CC3)cc21. The molecular weight excluding hydrogens is 445 g/mol. The van der Waals surface area contributed by atoms with Crippen molar-refractivity contribution in [2.24, 2.45) is 0 Å². The van der Waals surface area contributed by atoms with Gasteiger partial charge in [0.1, 0.15) is 11.4 Å². The summed E-state index contributed by atoms with van der Waals surface area (Å²) in [5.74, 6) is -0.574. The summed E-state index contributed by atoms with van der Waals surface area (Å²) in [5, 5.41) is 17.5. The smallest absolute Gasteiger partial charge is 0.341 e. The van der Waals surface area contributed by atoms with E-state index in [1.165, 1.54) is 12.5 Å². The molecule has 4 aromatic rings. The first kappa shape index (κ1) is 21.8. The van der Waals surface area contributed by atoms with E-state index in [2.05, 4.69) is 15.1 Å². The van der Waals surface area contributed by atoms with Crippen LogP contribution in [0, 0.1) is 5.82 Å². The Hall–Kier alpha value is -3.99.